The molecular weight excluding hydrogens is 432 g/mol. The lowest BCUT2D eigenvalue weighted by Gasteiger charge is -2.29. The first-order valence-corrected chi connectivity index (χ1v) is 12.5. The summed E-state index contributed by atoms with van der Waals surface area (Å²) in [4.78, 5) is 23.1. The molecular formula is C26H44N4O4. The van der Waals surface area contributed by atoms with Gasteiger partial charge in [-0.3, -0.25) is 0 Å². The van der Waals surface area contributed by atoms with Crippen LogP contribution in [0.25, 0.3) is 0 Å². The van der Waals surface area contributed by atoms with Gasteiger partial charge in [-0.1, -0.05) is 0 Å². The van der Waals surface area contributed by atoms with Gasteiger partial charge in [-0.15, -0.1) is 0 Å². The largest absolute Gasteiger partial charge is 0.444 e. The number of nitrogens with one attached hydrogen (secondary N) is 2. The van der Waals surface area contributed by atoms with Crippen LogP contribution in [0.1, 0.15) is 106 Å². The summed E-state index contributed by atoms with van der Waals surface area (Å²) < 4.78 is 10.4. The minimum absolute atomic E-state index is 0.208. The maximum Gasteiger partial charge on any atom is 0.407 e. The topological polar surface area (TPSA) is 124 Å². The number of ether oxygens (including phenoxy) is 2. The summed E-state index contributed by atoms with van der Waals surface area (Å²) in [7, 11) is 0. The van der Waals surface area contributed by atoms with E-state index in [0.29, 0.717) is 24.7 Å². The molecule has 2 saturated carbocycles. The standard InChI is InChI=1S/2C13H22N2O2/c2*1-13(2,3)17-12(16)15-11-6-4-10(5-7-11)8-9-14/h2*10-11H,4-8H2,1-3H3,(H,15,16). The van der Waals surface area contributed by atoms with E-state index in [-0.39, 0.29) is 24.3 Å². The van der Waals surface area contributed by atoms with Gasteiger partial charge in [0.15, 0.2) is 0 Å². The number of nitrogens with zero attached hydrogens (tertiary/aromatic N) is 2. The predicted molar refractivity (Wildman–Crippen MR) is 131 cm³/mol. The molecule has 0 unspecified atom stereocenters. The van der Waals surface area contributed by atoms with Gasteiger partial charge < -0.3 is 20.1 Å². The highest BCUT2D eigenvalue weighted by Crippen LogP contribution is 2.27. The third kappa shape index (κ3) is 13.9. The summed E-state index contributed by atoms with van der Waals surface area (Å²) in [5.41, 5.74) is -0.885. The first-order chi connectivity index (χ1) is 15.8. The minimum Gasteiger partial charge on any atom is -0.444 e. The van der Waals surface area contributed by atoms with E-state index in [9.17, 15) is 9.59 Å². The number of hydrogen-bond acceptors (Lipinski definition) is 6. The van der Waals surface area contributed by atoms with Crippen LogP contribution in [-0.2, 0) is 9.47 Å². The number of nitriles is 2. The number of hydrogen-bond donors (Lipinski definition) is 2. The molecule has 0 aliphatic heterocycles. The lowest BCUT2D eigenvalue weighted by atomic mass is 9.84. The molecule has 2 aliphatic carbocycles. The van der Waals surface area contributed by atoms with Crippen LogP contribution in [0.3, 0.4) is 0 Å². The van der Waals surface area contributed by atoms with Crippen molar-refractivity contribution in [3.63, 3.8) is 0 Å². The third-order valence-corrected chi connectivity index (χ3v) is 5.90. The fourth-order valence-corrected chi connectivity index (χ4v) is 4.23. The van der Waals surface area contributed by atoms with Gasteiger partial charge in [-0.05, 0) is 105 Å². The highest BCUT2D eigenvalue weighted by Gasteiger charge is 2.25. The average Bonchev–Trinajstić information content (AvgIpc) is 2.69. The summed E-state index contributed by atoms with van der Waals surface area (Å²) in [6.45, 7) is 11.1. The van der Waals surface area contributed by atoms with Crippen molar-refractivity contribution in [3.8, 4) is 12.1 Å². The summed E-state index contributed by atoms with van der Waals surface area (Å²) >= 11 is 0. The van der Waals surface area contributed by atoms with Crippen molar-refractivity contribution in [1.29, 1.82) is 10.5 Å². The Bertz CT molecular complexity index is 649. The highest BCUT2D eigenvalue weighted by molar-refractivity contribution is 5.68. The van der Waals surface area contributed by atoms with Gasteiger partial charge >= 0.3 is 12.2 Å². The van der Waals surface area contributed by atoms with Crippen LogP contribution < -0.4 is 10.6 Å². The Kier molecular flexibility index (Phi) is 12.2. The lowest BCUT2D eigenvalue weighted by molar-refractivity contribution is 0.0476. The zero-order chi connectivity index (χ0) is 25.8. The maximum absolute atomic E-state index is 11.5. The summed E-state index contributed by atoms with van der Waals surface area (Å²) in [5, 5.41) is 23.0. The molecule has 0 aromatic rings. The Morgan fingerprint density at radius 3 is 1.21 bits per heavy atom. The number of carbonyl (C=O) groups excluding carboxylic acids is 2. The molecule has 2 N–H and O–H groups in total. The zero-order valence-corrected chi connectivity index (χ0v) is 21.9. The summed E-state index contributed by atoms with van der Waals surface area (Å²) in [6.07, 6.45) is 8.50. The molecule has 0 atom stereocenters. The predicted octanol–water partition coefficient (Wildman–Crippen LogP) is 5.97. The van der Waals surface area contributed by atoms with Crippen LogP contribution in [0.2, 0.25) is 0 Å². The van der Waals surface area contributed by atoms with E-state index in [4.69, 9.17) is 20.0 Å². The van der Waals surface area contributed by atoms with Crippen molar-refractivity contribution in [2.24, 2.45) is 11.8 Å². The molecule has 0 saturated heterocycles. The van der Waals surface area contributed by atoms with Crippen LogP contribution in [0, 0.1) is 34.5 Å². The van der Waals surface area contributed by atoms with Gasteiger partial charge in [0.1, 0.15) is 11.2 Å². The van der Waals surface area contributed by atoms with E-state index in [0.717, 1.165) is 51.4 Å². The normalized spacial score (nSPS) is 24.8. The van der Waals surface area contributed by atoms with Crippen LogP contribution in [0.15, 0.2) is 0 Å². The van der Waals surface area contributed by atoms with Gasteiger partial charge in [0.05, 0.1) is 12.1 Å². The Morgan fingerprint density at radius 2 is 0.971 bits per heavy atom. The SMILES string of the molecule is CC(C)(C)OC(=O)NC1CCC(CC#N)CC1.CC(C)(C)OC(=O)NC1CCC(CC#N)CC1. The van der Waals surface area contributed by atoms with Gasteiger partial charge in [0.25, 0.3) is 0 Å². The van der Waals surface area contributed by atoms with Crippen molar-refractivity contribution in [2.75, 3.05) is 0 Å². The molecule has 192 valence electrons. The van der Waals surface area contributed by atoms with Crippen molar-refractivity contribution in [1.82, 2.24) is 10.6 Å². The van der Waals surface area contributed by atoms with Crippen molar-refractivity contribution >= 4 is 12.2 Å². The molecule has 0 spiro atoms. The second kappa shape index (κ2) is 14.0. The summed E-state index contributed by atoms with van der Waals surface area (Å²) in [6, 6.07) is 4.84. The molecule has 2 amide bonds. The van der Waals surface area contributed by atoms with Gasteiger partial charge in [0, 0.05) is 24.9 Å². The number of alkyl carbamates (subject to hydrolysis) is 2. The van der Waals surface area contributed by atoms with Gasteiger partial charge in [0.2, 0.25) is 0 Å². The van der Waals surface area contributed by atoms with Crippen molar-refractivity contribution in [3.05, 3.63) is 0 Å². The zero-order valence-electron chi connectivity index (χ0n) is 21.9. The third-order valence-electron chi connectivity index (χ3n) is 5.90. The van der Waals surface area contributed by atoms with Gasteiger partial charge in [-0.25, -0.2) is 9.59 Å². The number of amides is 2. The molecule has 0 bridgehead atoms. The molecule has 8 heteroatoms. The molecule has 0 aromatic heterocycles. The van der Waals surface area contributed by atoms with Crippen LogP contribution >= 0.6 is 0 Å². The summed E-state index contributed by atoms with van der Waals surface area (Å²) in [5.74, 6) is 1.02. The number of rotatable bonds is 4. The van der Waals surface area contributed by atoms with E-state index >= 15 is 0 Å². The monoisotopic (exact) mass is 476 g/mol. The average molecular weight is 477 g/mol. The lowest BCUT2D eigenvalue weighted by Crippen LogP contribution is -2.40. The minimum atomic E-state index is -0.442. The molecule has 0 heterocycles. The van der Waals surface area contributed by atoms with Crippen LogP contribution in [0.5, 0.6) is 0 Å². The van der Waals surface area contributed by atoms with E-state index in [1.165, 1.54) is 0 Å². The van der Waals surface area contributed by atoms with Crippen molar-refractivity contribution < 1.29 is 19.1 Å². The molecule has 34 heavy (non-hydrogen) atoms. The van der Waals surface area contributed by atoms with E-state index in [1.54, 1.807) is 0 Å². The van der Waals surface area contributed by atoms with E-state index < -0.39 is 11.2 Å². The van der Waals surface area contributed by atoms with Gasteiger partial charge in [-0.2, -0.15) is 10.5 Å². The van der Waals surface area contributed by atoms with E-state index in [1.807, 2.05) is 41.5 Å². The Hall–Kier alpha value is -2.48. The molecule has 0 radical (unpaired) electrons. The first-order valence-electron chi connectivity index (χ1n) is 12.5. The maximum atomic E-state index is 11.5. The Labute approximate surface area is 205 Å². The molecule has 2 aliphatic rings. The molecule has 0 aromatic carbocycles. The van der Waals surface area contributed by atoms with Crippen molar-refractivity contribution in [2.45, 2.75) is 129 Å². The van der Waals surface area contributed by atoms with Crippen LogP contribution in [0.4, 0.5) is 9.59 Å². The second-order valence-corrected chi connectivity index (χ2v) is 11.5. The molecule has 2 rings (SSSR count). The Morgan fingerprint density at radius 1 is 0.676 bits per heavy atom. The fourth-order valence-electron chi connectivity index (χ4n) is 4.23. The second-order valence-electron chi connectivity index (χ2n) is 11.5. The first kappa shape index (κ1) is 29.6. The quantitative estimate of drug-likeness (QED) is 0.515. The number of carbonyl (C=O) groups is 2. The highest BCUT2D eigenvalue weighted by atomic mass is 16.6. The van der Waals surface area contributed by atoms with E-state index in [2.05, 4.69) is 22.8 Å². The van der Waals surface area contributed by atoms with Crippen LogP contribution in [-0.4, -0.2) is 35.5 Å². The Balaban J connectivity index is 0.000000340. The fraction of sp³-hybridized carbons (Fsp3) is 0.846. The smallest absolute Gasteiger partial charge is 0.407 e. The molecule has 2 fully saturated rings. The molecule has 8 nitrogen and oxygen atoms in total.